The van der Waals surface area contributed by atoms with Crippen LogP contribution in [-0.4, -0.2) is 23.1 Å². The Morgan fingerprint density at radius 2 is 1.58 bits per heavy atom. The van der Waals surface area contributed by atoms with E-state index in [2.05, 4.69) is 19.1 Å². The fourth-order valence-electron chi connectivity index (χ4n) is 5.89. The number of ether oxygens (including phenoxy) is 1. The van der Waals surface area contributed by atoms with Gasteiger partial charge in [-0.1, -0.05) is 63.7 Å². The molecule has 0 amide bonds. The average molecular weight is 429 g/mol. The molecule has 1 atom stereocenters. The van der Waals surface area contributed by atoms with Crippen LogP contribution in [0.15, 0.2) is 35.9 Å². The molecule has 2 N–H and O–H groups in total. The van der Waals surface area contributed by atoms with Crippen molar-refractivity contribution in [2.24, 2.45) is 17.8 Å². The minimum Gasteiger partial charge on any atom is -0.461 e. The summed E-state index contributed by atoms with van der Waals surface area (Å²) in [6.45, 7) is 3.90. The second-order valence-electron chi connectivity index (χ2n) is 9.95. The van der Waals surface area contributed by atoms with E-state index >= 15 is 0 Å². The van der Waals surface area contributed by atoms with Crippen LogP contribution < -0.4 is 4.74 Å². The third-order valence-electron chi connectivity index (χ3n) is 8.02. The van der Waals surface area contributed by atoms with E-state index in [0.717, 1.165) is 17.8 Å². The molecule has 0 heterocycles. The Morgan fingerprint density at radius 1 is 0.968 bits per heavy atom. The highest BCUT2D eigenvalue weighted by Crippen LogP contribution is 2.44. The van der Waals surface area contributed by atoms with E-state index in [0.29, 0.717) is 17.2 Å². The molecule has 0 aliphatic heterocycles. The molecule has 0 spiro atoms. The smallest absolute Gasteiger partial charge is 0.222 e. The van der Waals surface area contributed by atoms with Crippen molar-refractivity contribution in [2.75, 3.05) is 6.61 Å². The van der Waals surface area contributed by atoms with Gasteiger partial charge in [0.15, 0.2) is 0 Å². The van der Waals surface area contributed by atoms with Crippen molar-refractivity contribution in [3.8, 4) is 5.75 Å². The molecule has 0 saturated heterocycles. The number of hydrogen-bond donors (Lipinski definition) is 2. The van der Waals surface area contributed by atoms with Crippen LogP contribution in [0.1, 0.15) is 102 Å². The van der Waals surface area contributed by atoms with Crippen molar-refractivity contribution in [3.05, 3.63) is 41.5 Å². The monoisotopic (exact) mass is 428 g/mol. The number of benzene rings is 1. The number of aliphatic hydroxyl groups excluding tert-OH is 2. The zero-order valence-electron chi connectivity index (χ0n) is 19.8. The first-order chi connectivity index (χ1) is 15.1. The van der Waals surface area contributed by atoms with Gasteiger partial charge in [0.05, 0.1) is 6.61 Å². The van der Waals surface area contributed by atoms with Gasteiger partial charge in [-0.2, -0.15) is 0 Å². The molecule has 1 aromatic rings. The van der Waals surface area contributed by atoms with E-state index in [9.17, 15) is 10.2 Å². The van der Waals surface area contributed by atoms with Gasteiger partial charge in [0, 0.05) is 5.57 Å². The van der Waals surface area contributed by atoms with Crippen molar-refractivity contribution in [1.29, 1.82) is 0 Å². The Hall–Kier alpha value is -1.32. The SMILES string of the molecule is C/C=C(\CO)C(O)Oc1ccc(C2CCC(C3CCC(CCCCC)CC3)CC2)cc1. The van der Waals surface area contributed by atoms with Crippen LogP contribution >= 0.6 is 0 Å². The minimum atomic E-state index is -1.09. The number of hydrogen-bond acceptors (Lipinski definition) is 3. The maximum absolute atomic E-state index is 10.1. The molecule has 2 saturated carbocycles. The van der Waals surface area contributed by atoms with Gasteiger partial charge in [0.1, 0.15) is 5.75 Å². The van der Waals surface area contributed by atoms with Crippen molar-refractivity contribution in [3.63, 3.8) is 0 Å². The standard InChI is InChI=1S/C28H44O3/c1-3-5-6-7-21-8-10-23(11-9-21)24-12-14-25(15-13-24)26-16-18-27(19-17-26)31-28(30)22(4-2)20-29/h4,16-19,21,23-25,28-30H,3,5-15,20H2,1-2H3/b22-4+. The lowest BCUT2D eigenvalue weighted by molar-refractivity contribution is 0.00681. The van der Waals surface area contributed by atoms with Crippen LogP contribution in [-0.2, 0) is 0 Å². The summed E-state index contributed by atoms with van der Waals surface area (Å²) in [5.41, 5.74) is 1.88. The number of allylic oxidation sites excluding steroid dienone is 1. The minimum absolute atomic E-state index is 0.195. The van der Waals surface area contributed by atoms with Crippen LogP contribution in [0.2, 0.25) is 0 Å². The Labute approximate surface area is 189 Å². The molecule has 2 fully saturated rings. The van der Waals surface area contributed by atoms with Gasteiger partial charge in [-0.25, -0.2) is 0 Å². The Kier molecular flexibility index (Phi) is 9.93. The normalized spacial score (nSPS) is 28.3. The summed E-state index contributed by atoms with van der Waals surface area (Å²) in [5.74, 6) is 4.24. The third kappa shape index (κ3) is 7.08. The van der Waals surface area contributed by atoms with Gasteiger partial charge >= 0.3 is 0 Å². The van der Waals surface area contributed by atoms with E-state index < -0.39 is 6.29 Å². The molecule has 1 unspecified atom stereocenters. The largest absolute Gasteiger partial charge is 0.461 e. The maximum Gasteiger partial charge on any atom is 0.222 e. The Morgan fingerprint density at radius 3 is 2.13 bits per heavy atom. The van der Waals surface area contributed by atoms with Crippen molar-refractivity contribution < 1.29 is 14.9 Å². The molecule has 3 rings (SSSR count). The molecule has 2 aliphatic carbocycles. The zero-order chi connectivity index (χ0) is 22.1. The van der Waals surface area contributed by atoms with Crippen LogP contribution in [0.4, 0.5) is 0 Å². The molecule has 3 nitrogen and oxygen atoms in total. The quantitative estimate of drug-likeness (QED) is 0.240. The highest BCUT2D eigenvalue weighted by atomic mass is 16.6. The average Bonchev–Trinajstić information content (AvgIpc) is 2.81. The molecule has 0 bridgehead atoms. The van der Waals surface area contributed by atoms with Gasteiger partial charge in [0.25, 0.3) is 0 Å². The lowest BCUT2D eigenvalue weighted by Gasteiger charge is -2.38. The highest BCUT2D eigenvalue weighted by Gasteiger charge is 2.31. The van der Waals surface area contributed by atoms with Crippen LogP contribution in [0.25, 0.3) is 0 Å². The van der Waals surface area contributed by atoms with Crippen LogP contribution in [0.3, 0.4) is 0 Å². The summed E-state index contributed by atoms with van der Waals surface area (Å²) in [5, 5.41) is 19.3. The zero-order valence-corrected chi connectivity index (χ0v) is 19.8. The van der Waals surface area contributed by atoms with E-state index in [1.54, 1.807) is 13.0 Å². The summed E-state index contributed by atoms with van der Waals surface area (Å²) in [6.07, 6.45) is 17.6. The lowest BCUT2D eigenvalue weighted by atomic mass is 9.68. The molecular weight excluding hydrogens is 384 g/mol. The van der Waals surface area contributed by atoms with E-state index in [4.69, 9.17) is 4.74 Å². The van der Waals surface area contributed by atoms with Crippen molar-refractivity contribution in [2.45, 2.75) is 103 Å². The molecule has 0 aromatic heterocycles. The molecule has 1 aromatic carbocycles. The van der Waals surface area contributed by atoms with Gasteiger partial charge in [0.2, 0.25) is 6.29 Å². The fraction of sp³-hybridized carbons (Fsp3) is 0.714. The predicted molar refractivity (Wildman–Crippen MR) is 128 cm³/mol. The second-order valence-corrected chi connectivity index (χ2v) is 9.95. The topological polar surface area (TPSA) is 49.7 Å². The molecule has 2 aliphatic rings. The first-order valence-corrected chi connectivity index (χ1v) is 12.8. The summed E-state index contributed by atoms with van der Waals surface area (Å²) >= 11 is 0. The molecular formula is C28H44O3. The number of rotatable bonds is 10. The van der Waals surface area contributed by atoms with E-state index in [1.165, 1.54) is 82.6 Å². The second kappa shape index (κ2) is 12.6. The van der Waals surface area contributed by atoms with E-state index in [1.807, 2.05) is 12.1 Å². The van der Waals surface area contributed by atoms with E-state index in [-0.39, 0.29) is 6.61 Å². The first-order valence-electron chi connectivity index (χ1n) is 12.8. The van der Waals surface area contributed by atoms with Gasteiger partial charge in [-0.05, 0) is 86.8 Å². The van der Waals surface area contributed by atoms with Crippen molar-refractivity contribution >= 4 is 0 Å². The Bertz CT molecular complexity index is 649. The van der Waals surface area contributed by atoms with Gasteiger partial charge in [-0.3, -0.25) is 0 Å². The Balaban J connectivity index is 1.42. The molecule has 31 heavy (non-hydrogen) atoms. The summed E-state index contributed by atoms with van der Waals surface area (Å²) < 4.78 is 5.56. The first kappa shape index (κ1) is 24.3. The number of unbranched alkanes of at least 4 members (excludes halogenated alkanes) is 2. The van der Waals surface area contributed by atoms with Gasteiger partial charge in [-0.15, -0.1) is 0 Å². The third-order valence-corrected chi connectivity index (χ3v) is 8.02. The molecule has 174 valence electrons. The highest BCUT2D eigenvalue weighted by molar-refractivity contribution is 5.30. The van der Waals surface area contributed by atoms with Gasteiger partial charge < -0.3 is 14.9 Å². The maximum atomic E-state index is 10.1. The predicted octanol–water partition coefficient (Wildman–Crippen LogP) is 6.98. The molecule has 0 radical (unpaired) electrons. The number of aliphatic hydroxyl groups is 2. The van der Waals surface area contributed by atoms with Crippen LogP contribution in [0.5, 0.6) is 5.75 Å². The fourth-order valence-corrected chi connectivity index (χ4v) is 5.89. The van der Waals surface area contributed by atoms with Crippen LogP contribution in [0, 0.1) is 17.8 Å². The molecule has 3 heteroatoms. The summed E-state index contributed by atoms with van der Waals surface area (Å²) in [7, 11) is 0. The lowest BCUT2D eigenvalue weighted by Crippen LogP contribution is -2.25. The summed E-state index contributed by atoms with van der Waals surface area (Å²) in [4.78, 5) is 0. The van der Waals surface area contributed by atoms with Crippen molar-refractivity contribution in [1.82, 2.24) is 0 Å². The summed E-state index contributed by atoms with van der Waals surface area (Å²) in [6, 6.07) is 8.22.